The summed E-state index contributed by atoms with van der Waals surface area (Å²) in [5.41, 5.74) is 0. The first-order chi connectivity index (χ1) is 7.83. The van der Waals surface area contributed by atoms with Crippen molar-refractivity contribution in [3.05, 3.63) is 12.2 Å². The van der Waals surface area contributed by atoms with Crippen molar-refractivity contribution in [1.82, 2.24) is 10.6 Å². The van der Waals surface area contributed by atoms with Gasteiger partial charge in [-0.2, -0.15) is 0 Å². The van der Waals surface area contributed by atoms with Crippen molar-refractivity contribution in [3.63, 3.8) is 0 Å². The SMILES string of the molecule is C/C=C/CCNC(=O)CCC1CCCNC1. The summed E-state index contributed by atoms with van der Waals surface area (Å²) in [5.74, 6) is 0.908. The van der Waals surface area contributed by atoms with Gasteiger partial charge >= 0.3 is 0 Å². The molecule has 1 amide bonds. The summed E-state index contributed by atoms with van der Waals surface area (Å²) in [5, 5.41) is 6.32. The lowest BCUT2D eigenvalue weighted by Gasteiger charge is -2.22. The van der Waals surface area contributed by atoms with Gasteiger partial charge in [0.25, 0.3) is 0 Å². The monoisotopic (exact) mass is 224 g/mol. The van der Waals surface area contributed by atoms with Crippen molar-refractivity contribution < 1.29 is 4.79 Å². The topological polar surface area (TPSA) is 41.1 Å². The van der Waals surface area contributed by atoms with Crippen molar-refractivity contribution in [2.45, 2.75) is 39.0 Å². The molecule has 3 nitrogen and oxygen atoms in total. The van der Waals surface area contributed by atoms with Crippen LogP contribution in [0.15, 0.2) is 12.2 Å². The van der Waals surface area contributed by atoms with Crippen LogP contribution in [0.2, 0.25) is 0 Å². The number of hydrogen-bond donors (Lipinski definition) is 2. The van der Waals surface area contributed by atoms with Crippen LogP contribution in [0.1, 0.15) is 39.0 Å². The standard InChI is InChI=1S/C13H24N2O/c1-2-3-4-10-15-13(16)8-7-12-6-5-9-14-11-12/h2-3,12,14H,4-11H2,1H3,(H,15,16)/b3-2+. The summed E-state index contributed by atoms with van der Waals surface area (Å²) in [6.07, 6.45) is 9.27. The number of amides is 1. The van der Waals surface area contributed by atoms with Crippen molar-refractivity contribution in [1.29, 1.82) is 0 Å². The van der Waals surface area contributed by atoms with Gasteiger partial charge in [-0.3, -0.25) is 4.79 Å². The molecule has 92 valence electrons. The van der Waals surface area contributed by atoms with Crippen LogP contribution in [-0.2, 0) is 4.79 Å². The molecule has 1 heterocycles. The third-order valence-corrected chi connectivity index (χ3v) is 3.05. The van der Waals surface area contributed by atoms with Gasteiger partial charge in [0.1, 0.15) is 0 Å². The number of allylic oxidation sites excluding steroid dienone is 1. The molecule has 1 unspecified atom stereocenters. The van der Waals surface area contributed by atoms with Crippen LogP contribution >= 0.6 is 0 Å². The van der Waals surface area contributed by atoms with Crippen LogP contribution in [0.5, 0.6) is 0 Å². The average molecular weight is 224 g/mol. The van der Waals surface area contributed by atoms with Crippen molar-refractivity contribution in [2.24, 2.45) is 5.92 Å². The lowest BCUT2D eigenvalue weighted by Crippen LogP contribution is -2.31. The Bertz CT molecular complexity index is 220. The molecule has 1 rings (SSSR count). The maximum absolute atomic E-state index is 11.5. The molecule has 0 aromatic heterocycles. The Kier molecular flexibility index (Phi) is 6.90. The van der Waals surface area contributed by atoms with E-state index in [1.54, 1.807) is 0 Å². The van der Waals surface area contributed by atoms with Gasteiger partial charge < -0.3 is 10.6 Å². The van der Waals surface area contributed by atoms with Gasteiger partial charge in [0, 0.05) is 13.0 Å². The highest BCUT2D eigenvalue weighted by molar-refractivity contribution is 5.75. The lowest BCUT2D eigenvalue weighted by molar-refractivity contribution is -0.121. The first-order valence-electron chi connectivity index (χ1n) is 6.41. The Labute approximate surface area is 98.7 Å². The maximum Gasteiger partial charge on any atom is 0.220 e. The Balaban J connectivity index is 2.00. The van der Waals surface area contributed by atoms with E-state index in [1.807, 2.05) is 13.0 Å². The van der Waals surface area contributed by atoms with E-state index in [9.17, 15) is 4.79 Å². The predicted molar refractivity (Wildman–Crippen MR) is 67.3 cm³/mol. The summed E-state index contributed by atoms with van der Waals surface area (Å²) in [6.45, 7) is 5.00. The lowest BCUT2D eigenvalue weighted by atomic mass is 9.94. The normalized spacial score (nSPS) is 21.2. The Morgan fingerprint density at radius 3 is 3.12 bits per heavy atom. The number of piperidine rings is 1. The van der Waals surface area contributed by atoms with Gasteiger partial charge in [-0.15, -0.1) is 0 Å². The molecule has 1 aliphatic rings. The molecular weight excluding hydrogens is 200 g/mol. The van der Waals surface area contributed by atoms with Gasteiger partial charge in [0.15, 0.2) is 0 Å². The molecular formula is C13H24N2O. The Hall–Kier alpha value is -0.830. The van der Waals surface area contributed by atoms with Crippen LogP contribution in [-0.4, -0.2) is 25.5 Å². The third kappa shape index (κ3) is 5.91. The van der Waals surface area contributed by atoms with Crippen LogP contribution in [0.3, 0.4) is 0 Å². The third-order valence-electron chi connectivity index (χ3n) is 3.05. The highest BCUT2D eigenvalue weighted by atomic mass is 16.1. The second-order valence-electron chi connectivity index (χ2n) is 4.46. The molecule has 16 heavy (non-hydrogen) atoms. The van der Waals surface area contributed by atoms with Crippen LogP contribution in [0, 0.1) is 5.92 Å². The van der Waals surface area contributed by atoms with Crippen molar-refractivity contribution >= 4 is 5.91 Å². The number of rotatable bonds is 6. The van der Waals surface area contributed by atoms with Crippen LogP contribution < -0.4 is 10.6 Å². The molecule has 0 spiro atoms. The zero-order valence-corrected chi connectivity index (χ0v) is 10.3. The van der Waals surface area contributed by atoms with E-state index in [4.69, 9.17) is 0 Å². The molecule has 0 aliphatic carbocycles. The fourth-order valence-electron chi connectivity index (χ4n) is 2.06. The molecule has 3 heteroatoms. The maximum atomic E-state index is 11.5. The average Bonchev–Trinajstić information content (AvgIpc) is 2.33. The minimum absolute atomic E-state index is 0.204. The molecule has 1 fully saturated rings. The van der Waals surface area contributed by atoms with E-state index >= 15 is 0 Å². The van der Waals surface area contributed by atoms with E-state index < -0.39 is 0 Å². The first kappa shape index (κ1) is 13.2. The summed E-state index contributed by atoms with van der Waals surface area (Å²) < 4.78 is 0. The van der Waals surface area contributed by atoms with Gasteiger partial charge in [0.2, 0.25) is 5.91 Å². The van der Waals surface area contributed by atoms with Crippen molar-refractivity contribution in [3.8, 4) is 0 Å². The van der Waals surface area contributed by atoms with E-state index in [2.05, 4.69) is 16.7 Å². The second kappa shape index (κ2) is 8.34. The van der Waals surface area contributed by atoms with Crippen LogP contribution in [0.4, 0.5) is 0 Å². The highest BCUT2D eigenvalue weighted by Crippen LogP contribution is 2.15. The zero-order chi connectivity index (χ0) is 11.6. The molecule has 2 N–H and O–H groups in total. The molecule has 0 aromatic carbocycles. The van der Waals surface area contributed by atoms with E-state index in [-0.39, 0.29) is 5.91 Å². The fourth-order valence-corrected chi connectivity index (χ4v) is 2.06. The van der Waals surface area contributed by atoms with Gasteiger partial charge in [-0.05, 0) is 51.6 Å². The summed E-state index contributed by atoms with van der Waals surface area (Å²) in [6, 6.07) is 0. The molecule has 1 aliphatic heterocycles. The second-order valence-corrected chi connectivity index (χ2v) is 4.46. The quantitative estimate of drug-likeness (QED) is 0.534. The van der Waals surface area contributed by atoms with Crippen molar-refractivity contribution in [2.75, 3.05) is 19.6 Å². The number of hydrogen-bond acceptors (Lipinski definition) is 2. The van der Waals surface area contributed by atoms with Gasteiger partial charge in [-0.1, -0.05) is 12.2 Å². The molecule has 0 radical (unpaired) electrons. The minimum atomic E-state index is 0.204. The molecule has 1 atom stereocenters. The summed E-state index contributed by atoms with van der Waals surface area (Å²) in [7, 11) is 0. The van der Waals surface area contributed by atoms with E-state index in [1.165, 1.54) is 12.8 Å². The van der Waals surface area contributed by atoms with Gasteiger partial charge in [0.05, 0.1) is 0 Å². The summed E-state index contributed by atoms with van der Waals surface area (Å²) >= 11 is 0. The molecule has 0 saturated carbocycles. The number of carbonyl (C=O) groups excluding carboxylic acids is 1. The van der Waals surface area contributed by atoms with Gasteiger partial charge in [-0.25, -0.2) is 0 Å². The van der Waals surface area contributed by atoms with Crippen LogP contribution in [0.25, 0.3) is 0 Å². The van der Waals surface area contributed by atoms with E-state index in [0.29, 0.717) is 12.3 Å². The largest absolute Gasteiger partial charge is 0.356 e. The predicted octanol–water partition coefficient (Wildman–Crippen LogP) is 1.85. The molecule has 1 saturated heterocycles. The smallest absolute Gasteiger partial charge is 0.220 e. The highest BCUT2D eigenvalue weighted by Gasteiger charge is 2.13. The zero-order valence-electron chi connectivity index (χ0n) is 10.3. The summed E-state index contributed by atoms with van der Waals surface area (Å²) in [4.78, 5) is 11.5. The molecule has 0 bridgehead atoms. The fraction of sp³-hybridized carbons (Fsp3) is 0.769. The molecule has 0 aromatic rings. The number of nitrogens with one attached hydrogen (secondary N) is 2. The van der Waals surface area contributed by atoms with E-state index in [0.717, 1.165) is 32.5 Å². The Morgan fingerprint density at radius 1 is 1.56 bits per heavy atom. The Morgan fingerprint density at radius 2 is 2.44 bits per heavy atom. The minimum Gasteiger partial charge on any atom is -0.356 e. The number of carbonyl (C=O) groups is 1. The first-order valence-corrected chi connectivity index (χ1v) is 6.41.